The molecular weight excluding hydrogens is 158 g/mol. The average Bonchev–Trinajstić information content (AvgIpc) is 2.50. The first-order valence-corrected chi connectivity index (χ1v) is 3.87. The highest BCUT2D eigenvalue weighted by molar-refractivity contribution is 7.81. The molecular formula is C7H9N3S. The van der Waals surface area contributed by atoms with Crippen molar-refractivity contribution >= 4 is 24.2 Å². The first-order valence-electron chi connectivity index (χ1n) is 3.42. The summed E-state index contributed by atoms with van der Waals surface area (Å²) < 4.78 is 2.84. The predicted octanol–water partition coefficient (Wildman–Crippen LogP) is 1.37. The third-order valence-corrected chi connectivity index (χ3v) is 2.03. The molecule has 0 atom stereocenters. The Balaban J connectivity index is 2.50. The topological polar surface area (TPSA) is 36.1 Å². The summed E-state index contributed by atoms with van der Waals surface area (Å²) in [6, 6.07) is 6.02. The molecule has 0 radical (unpaired) electrons. The van der Waals surface area contributed by atoms with E-state index in [1.54, 1.807) is 0 Å². The minimum Gasteiger partial charge on any atom is -0.332 e. The highest BCUT2D eigenvalue weighted by Crippen LogP contribution is 2.27. The van der Waals surface area contributed by atoms with Crippen LogP contribution >= 0.6 is 12.8 Å². The normalized spacial score (nSPS) is 13.9. The number of fused-ring (bicyclic) bond motifs is 1. The van der Waals surface area contributed by atoms with Gasteiger partial charge in [0, 0.05) is 12.1 Å². The second-order valence-corrected chi connectivity index (χ2v) is 2.65. The maximum Gasteiger partial charge on any atom is 0.0554 e. The monoisotopic (exact) mass is 167 g/mol. The molecule has 1 aliphatic rings. The third-order valence-electron chi connectivity index (χ3n) is 1.78. The van der Waals surface area contributed by atoms with E-state index in [0.29, 0.717) is 0 Å². The third kappa shape index (κ3) is 1.04. The van der Waals surface area contributed by atoms with Crippen molar-refractivity contribution in [2.75, 3.05) is 10.1 Å². The number of hydrogen-bond acceptors (Lipinski definition) is 4. The highest BCUT2D eigenvalue weighted by Gasteiger charge is 2.11. The van der Waals surface area contributed by atoms with E-state index in [-0.39, 0.29) is 0 Å². The van der Waals surface area contributed by atoms with Crippen molar-refractivity contribution in [2.24, 2.45) is 0 Å². The zero-order chi connectivity index (χ0) is 7.68. The van der Waals surface area contributed by atoms with Crippen molar-refractivity contribution in [1.29, 1.82) is 0 Å². The van der Waals surface area contributed by atoms with Gasteiger partial charge in [-0.3, -0.25) is 0 Å². The van der Waals surface area contributed by atoms with E-state index in [0.717, 1.165) is 17.9 Å². The summed E-state index contributed by atoms with van der Waals surface area (Å²) in [4.78, 5) is 0. The number of thiol groups is 1. The maximum absolute atomic E-state index is 4.00. The fourth-order valence-electron chi connectivity index (χ4n) is 1.23. The molecule has 2 rings (SSSR count). The van der Waals surface area contributed by atoms with E-state index in [2.05, 4.69) is 28.4 Å². The van der Waals surface area contributed by atoms with E-state index in [9.17, 15) is 0 Å². The minimum absolute atomic E-state index is 0.846. The maximum atomic E-state index is 4.00. The molecule has 0 spiro atoms. The van der Waals surface area contributed by atoms with Gasteiger partial charge < -0.3 is 10.1 Å². The minimum atomic E-state index is 0.846. The van der Waals surface area contributed by atoms with Crippen LogP contribution in [0.4, 0.5) is 11.4 Å². The first kappa shape index (κ1) is 6.82. The van der Waals surface area contributed by atoms with Gasteiger partial charge in [0.2, 0.25) is 0 Å². The molecule has 58 valence electrons. The van der Waals surface area contributed by atoms with Gasteiger partial charge in [0.05, 0.1) is 11.4 Å². The molecule has 0 aromatic heterocycles. The van der Waals surface area contributed by atoms with Crippen molar-refractivity contribution in [3.8, 4) is 0 Å². The molecule has 1 heterocycles. The molecule has 0 saturated carbocycles. The van der Waals surface area contributed by atoms with Crippen LogP contribution in [0.5, 0.6) is 0 Å². The van der Waals surface area contributed by atoms with E-state index in [1.165, 1.54) is 5.56 Å². The van der Waals surface area contributed by atoms with Crippen LogP contribution < -0.4 is 15.6 Å². The number of hydrogen-bond donors (Lipinski definition) is 4. The van der Waals surface area contributed by atoms with Gasteiger partial charge in [0.1, 0.15) is 0 Å². The number of nitrogens with one attached hydrogen (secondary N) is 3. The van der Waals surface area contributed by atoms with Crippen molar-refractivity contribution in [3.63, 3.8) is 0 Å². The summed E-state index contributed by atoms with van der Waals surface area (Å²) in [6.45, 7) is 0.846. The van der Waals surface area contributed by atoms with Crippen molar-refractivity contribution in [3.05, 3.63) is 23.8 Å². The largest absolute Gasteiger partial charge is 0.332 e. The molecule has 1 aliphatic heterocycles. The standard InChI is InChI=1S/C7H9N3S/c11-10-7-3-1-2-6-5(7)4-8-9-6/h1-3,8-11H,4H2. The van der Waals surface area contributed by atoms with Crippen molar-refractivity contribution in [2.45, 2.75) is 6.54 Å². The first-order chi connectivity index (χ1) is 5.42. The van der Waals surface area contributed by atoms with Gasteiger partial charge >= 0.3 is 0 Å². The van der Waals surface area contributed by atoms with E-state index in [4.69, 9.17) is 0 Å². The van der Waals surface area contributed by atoms with Gasteiger partial charge in [-0.15, -0.1) is 0 Å². The highest BCUT2D eigenvalue weighted by atomic mass is 32.1. The summed E-state index contributed by atoms with van der Waals surface area (Å²) >= 11 is 4.00. The molecule has 0 aliphatic carbocycles. The molecule has 3 nitrogen and oxygen atoms in total. The lowest BCUT2D eigenvalue weighted by atomic mass is 10.1. The van der Waals surface area contributed by atoms with Crippen LogP contribution in [-0.2, 0) is 6.54 Å². The summed E-state index contributed by atoms with van der Waals surface area (Å²) in [6.07, 6.45) is 0. The molecule has 11 heavy (non-hydrogen) atoms. The Hall–Kier alpha value is -0.870. The van der Waals surface area contributed by atoms with Gasteiger partial charge in [-0.05, 0) is 12.1 Å². The Labute approximate surface area is 70.7 Å². The van der Waals surface area contributed by atoms with E-state index < -0.39 is 0 Å². The average molecular weight is 167 g/mol. The summed E-state index contributed by atoms with van der Waals surface area (Å²) in [7, 11) is 0. The van der Waals surface area contributed by atoms with Gasteiger partial charge in [-0.2, -0.15) is 0 Å². The number of hydrazine groups is 1. The Morgan fingerprint density at radius 3 is 3.18 bits per heavy atom. The van der Waals surface area contributed by atoms with Crippen molar-refractivity contribution < 1.29 is 0 Å². The molecule has 0 unspecified atom stereocenters. The van der Waals surface area contributed by atoms with Crippen LogP contribution in [0.15, 0.2) is 18.2 Å². The molecule has 1 aromatic carbocycles. The quantitative estimate of drug-likeness (QED) is 0.477. The lowest BCUT2D eigenvalue weighted by Crippen LogP contribution is -2.10. The zero-order valence-electron chi connectivity index (χ0n) is 5.89. The summed E-state index contributed by atoms with van der Waals surface area (Å²) in [5.41, 5.74) is 9.52. The number of benzene rings is 1. The molecule has 0 saturated heterocycles. The zero-order valence-corrected chi connectivity index (χ0v) is 6.78. The van der Waals surface area contributed by atoms with Crippen LogP contribution in [0.25, 0.3) is 0 Å². The van der Waals surface area contributed by atoms with Crippen LogP contribution in [0, 0.1) is 0 Å². The Morgan fingerprint density at radius 1 is 1.45 bits per heavy atom. The second kappa shape index (κ2) is 2.64. The van der Waals surface area contributed by atoms with Crippen LogP contribution in [0.2, 0.25) is 0 Å². The molecule has 3 N–H and O–H groups in total. The Bertz CT molecular complexity index is 274. The van der Waals surface area contributed by atoms with Gasteiger partial charge in [-0.1, -0.05) is 18.9 Å². The molecule has 0 fully saturated rings. The predicted molar refractivity (Wildman–Crippen MR) is 49.5 cm³/mol. The van der Waals surface area contributed by atoms with Crippen LogP contribution in [0.1, 0.15) is 5.56 Å². The fraction of sp³-hybridized carbons (Fsp3) is 0.143. The lowest BCUT2D eigenvalue weighted by Gasteiger charge is -2.03. The fourth-order valence-corrected chi connectivity index (χ4v) is 1.44. The smallest absolute Gasteiger partial charge is 0.0554 e. The molecule has 0 bridgehead atoms. The summed E-state index contributed by atoms with van der Waals surface area (Å²) in [5.74, 6) is 0. The van der Waals surface area contributed by atoms with E-state index >= 15 is 0 Å². The number of anilines is 2. The molecule has 1 aromatic rings. The number of rotatable bonds is 1. The van der Waals surface area contributed by atoms with Gasteiger partial charge in [0.15, 0.2) is 0 Å². The van der Waals surface area contributed by atoms with Gasteiger partial charge in [-0.25, -0.2) is 5.43 Å². The van der Waals surface area contributed by atoms with Crippen LogP contribution in [-0.4, -0.2) is 0 Å². The van der Waals surface area contributed by atoms with Gasteiger partial charge in [0.25, 0.3) is 0 Å². The summed E-state index contributed by atoms with van der Waals surface area (Å²) in [5, 5.41) is 0. The van der Waals surface area contributed by atoms with Crippen LogP contribution in [0.3, 0.4) is 0 Å². The Morgan fingerprint density at radius 2 is 2.36 bits per heavy atom. The SMILES string of the molecule is SNc1cccc2c1CNN2. The second-order valence-electron chi connectivity index (χ2n) is 2.42. The van der Waals surface area contributed by atoms with Crippen molar-refractivity contribution in [1.82, 2.24) is 5.43 Å². The lowest BCUT2D eigenvalue weighted by molar-refractivity contribution is 0.861. The Kier molecular flexibility index (Phi) is 1.63. The van der Waals surface area contributed by atoms with E-state index in [1.807, 2.05) is 18.2 Å². The molecule has 4 heteroatoms. The molecule has 0 amide bonds.